The Morgan fingerprint density at radius 2 is 2.10 bits per heavy atom. The molecule has 0 bridgehead atoms. The number of alkyl halides is 2. The number of nitrogens with two attached hydrogens (primary N) is 2. The Labute approximate surface area is 248 Å². The zero-order valence-electron chi connectivity index (χ0n) is 23.9. The van der Waals surface area contributed by atoms with E-state index in [-0.39, 0.29) is 30.2 Å². The number of benzene rings is 1. The van der Waals surface area contributed by atoms with Crippen LogP contribution in [-0.4, -0.2) is 67.6 Å². The summed E-state index contributed by atoms with van der Waals surface area (Å²) in [5.74, 6) is -1.40. The molecule has 228 valence electrons. The third-order valence-corrected chi connectivity index (χ3v) is 8.83. The minimum absolute atomic E-state index is 0.0355. The van der Waals surface area contributed by atoms with Gasteiger partial charge in [-0.05, 0) is 62.8 Å². The monoisotopic (exact) mass is 601 g/mol. The molecule has 0 radical (unpaired) electrons. The van der Waals surface area contributed by atoms with Gasteiger partial charge in [0.15, 0.2) is 5.17 Å². The lowest BCUT2D eigenvalue weighted by Gasteiger charge is -2.31. The predicted molar refractivity (Wildman–Crippen MR) is 166 cm³/mol. The van der Waals surface area contributed by atoms with Crippen LogP contribution in [0.1, 0.15) is 63.5 Å². The first kappa shape index (κ1) is 30.5. The maximum absolute atomic E-state index is 14.3. The molecule has 8 N–H and O–H groups in total. The summed E-state index contributed by atoms with van der Waals surface area (Å²) >= 11 is 1.38. The highest BCUT2D eigenvalue weighted by molar-refractivity contribution is 8.13. The van der Waals surface area contributed by atoms with Gasteiger partial charge < -0.3 is 27.1 Å². The van der Waals surface area contributed by atoms with E-state index >= 15 is 0 Å². The van der Waals surface area contributed by atoms with Gasteiger partial charge in [0.1, 0.15) is 11.5 Å². The lowest BCUT2D eigenvalue weighted by Crippen LogP contribution is -2.37. The number of nitrogens with zero attached hydrogens (tertiary/aromatic N) is 3. The number of likely N-dealkylation sites (tertiary alicyclic amines) is 1. The van der Waals surface area contributed by atoms with Crippen LogP contribution in [0.3, 0.4) is 0 Å². The van der Waals surface area contributed by atoms with Gasteiger partial charge in [0.05, 0.1) is 18.4 Å². The largest absolute Gasteiger partial charge is 0.379 e. The Kier molecular flexibility index (Phi) is 9.50. The highest BCUT2D eigenvalue weighted by atomic mass is 32.2. The molecular weight excluding hydrogens is 560 g/mol. The van der Waals surface area contributed by atoms with Gasteiger partial charge in [-0.25, -0.2) is 13.6 Å². The predicted octanol–water partition coefficient (Wildman–Crippen LogP) is 4.12. The molecule has 0 spiro atoms. The fraction of sp³-hybridized carbons (Fsp3) is 0.552. The summed E-state index contributed by atoms with van der Waals surface area (Å²) in [6.45, 7) is 2.16. The van der Waals surface area contributed by atoms with E-state index in [1.165, 1.54) is 16.3 Å². The Balaban J connectivity index is 1.26. The number of hydrogen-bond donors (Lipinski definition) is 6. The SMILES string of the molecule is C[C@@H](N)CCCN1CC(F)(F)CC1Nc1cc2cn(-c3ccc([C@@H]4CCC[C@@H](CCSC(=N)N)N4)cc3)c(=O)nc2[nH]1. The van der Waals surface area contributed by atoms with Gasteiger partial charge in [-0.2, -0.15) is 4.98 Å². The molecule has 2 aliphatic heterocycles. The lowest BCUT2D eigenvalue weighted by molar-refractivity contribution is 0.0119. The molecule has 42 heavy (non-hydrogen) atoms. The number of halogens is 2. The van der Waals surface area contributed by atoms with Crippen molar-refractivity contribution in [2.24, 2.45) is 11.5 Å². The first-order valence-electron chi connectivity index (χ1n) is 14.7. The summed E-state index contributed by atoms with van der Waals surface area (Å²) in [4.78, 5) is 22.0. The van der Waals surface area contributed by atoms with E-state index in [0.717, 1.165) is 49.8 Å². The molecule has 5 rings (SSSR count). The van der Waals surface area contributed by atoms with Crippen LogP contribution < -0.4 is 27.8 Å². The number of thioether (sulfide) groups is 1. The zero-order chi connectivity index (χ0) is 29.9. The highest BCUT2D eigenvalue weighted by Gasteiger charge is 2.44. The second-order valence-electron chi connectivity index (χ2n) is 11.6. The number of fused-ring (bicyclic) bond motifs is 1. The maximum Gasteiger partial charge on any atom is 0.354 e. The molecule has 10 nitrogen and oxygen atoms in total. The summed E-state index contributed by atoms with van der Waals surface area (Å²) in [6, 6.07) is 10.4. The average molecular weight is 602 g/mol. The van der Waals surface area contributed by atoms with E-state index < -0.39 is 17.8 Å². The van der Waals surface area contributed by atoms with Gasteiger partial charge in [0.2, 0.25) is 0 Å². The van der Waals surface area contributed by atoms with Gasteiger partial charge in [0.25, 0.3) is 5.92 Å². The molecule has 1 aromatic carbocycles. The molecule has 0 saturated carbocycles. The summed E-state index contributed by atoms with van der Waals surface area (Å²) in [5.41, 5.74) is 13.1. The van der Waals surface area contributed by atoms with E-state index in [1.807, 2.05) is 31.2 Å². The second kappa shape index (κ2) is 13.1. The van der Waals surface area contributed by atoms with Crippen LogP contribution in [0.2, 0.25) is 0 Å². The minimum atomic E-state index is -2.77. The summed E-state index contributed by atoms with van der Waals surface area (Å²) < 4.78 is 30.1. The van der Waals surface area contributed by atoms with Crippen LogP contribution in [0, 0.1) is 5.41 Å². The number of aromatic amines is 1. The number of hydrogen-bond acceptors (Lipinski definition) is 8. The third kappa shape index (κ3) is 7.68. The fourth-order valence-corrected chi connectivity index (χ4v) is 6.62. The van der Waals surface area contributed by atoms with Crippen molar-refractivity contribution in [1.82, 2.24) is 24.8 Å². The quantitative estimate of drug-likeness (QED) is 0.142. The van der Waals surface area contributed by atoms with E-state index in [9.17, 15) is 13.6 Å². The van der Waals surface area contributed by atoms with Crippen LogP contribution in [0.25, 0.3) is 16.7 Å². The topological polar surface area (TPSA) is 154 Å². The van der Waals surface area contributed by atoms with Crippen molar-refractivity contribution in [2.45, 2.75) is 82.1 Å². The summed E-state index contributed by atoms with van der Waals surface area (Å²) in [6.07, 6.45) is 6.66. The first-order valence-corrected chi connectivity index (χ1v) is 15.6. The van der Waals surface area contributed by atoms with Crippen LogP contribution in [-0.2, 0) is 0 Å². The standard InChI is InChI=1S/C29H41F2N9OS/c1-18(32)4-3-12-39-17-29(30,31)15-25(39)36-24-14-20-16-40(28(41)38-26(20)37-24)22-9-7-19(8-10-22)23-6-2-5-21(35-23)11-13-42-27(33)34/h7-10,14,16,18,21,23,25,35-36H,2-6,11-13,15,17,32H2,1H3,(H3,33,34)(H,37,38,41)/t18-,21+,23+,25?/m1/s1. The van der Waals surface area contributed by atoms with Gasteiger partial charge in [-0.1, -0.05) is 30.3 Å². The van der Waals surface area contributed by atoms with Crippen molar-refractivity contribution >= 4 is 33.8 Å². The molecule has 4 heterocycles. The molecule has 2 saturated heterocycles. The fourth-order valence-electron chi connectivity index (χ4n) is 6.00. The molecule has 2 aromatic heterocycles. The van der Waals surface area contributed by atoms with E-state index in [0.29, 0.717) is 35.1 Å². The Bertz CT molecular complexity index is 1420. The van der Waals surface area contributed by atoms with Crippen LogP contribution in [0.5, 0.6) is 0 Å². The Morgan fingerprint density at radius 3 is 2.83 bits per heavy atom. The Hall–Kier alpha value is -3.00. The van der Waals surface area contributed by atoms with Crippen molar-refractivity contribution in [2.75, 3.05) is 24.2 Å². The van der Waals surface area contributed by atoms with Crippen LogP contribution in [0.15, 0.2) is 41.3 Å². The molecule has 4 atom stereocenters. The first-order chi connectivity index (χ1) is 20.1. The molecule has 2 fully saturated rings. The summed E-state index contributed by atoms with van der Waals surface area (Å²) in [7, 11) is 0. The van der Waals surface area contributed by atoms with Crippen molar-refractivity contribution in [3.63, 3.8) is 0 Å². The highest BCUT2D eigenvalue weighted by Crippen LogP contribution is 2.33. The maximum atomic E-state index is 14.3. The van der Waals surface area contributed by atoms with Crippen LogP contribution >= 0.6 is 11.8 Å². The van der Waals surface area contributed by atoms with Gasteiger partial charge >= 0.3 is 5.69 Å². The molecule has 13 heteroatoms. The molecule has 0 aliphatic carbocycles. The van der Waals surface area contributed by atoms with Crippen LogP contribution in [0.4, 0.5) is 14.6 Å². The second-order valence-corrected chi connectivity index (χ2v) is 12.8. The smallest absolute Gasteiger partial charge is 0.354 e. The zero-order valence-corrected chi connectivity index (χ0v) is 24.7. The molecule has 3 aromatic rings. The lowest BCUT2D eigenvalue weighted by atomic mass is 9.92. The average Bonchev–Trinajstić information content (AvgIpc) is 3.45. The number of nitrogens with one attached hydrogen (secondary N) is 4. The van der Waals surface area contributed by atoms with Crippen molar-refractivity contribution in [3.05, 3.63) is 52.6 Å². The molecule has 2 aliphatic rings. The van der Waals surface area contributed by atoms with Crippen molar-refractivity contribution in [3.8, 4) is 5.69 Å². The van der Waals surface area contributed by atoms with Gasteiger partial charge in [-0.3, -0.25) is 14.9 Å². The Morgan fingerprint density at radius 1 is 1.31 bits per heavy atom. The van der Waals surface area contributed by atoms with Gasteiger partial charge in [0, 0.05) is 48.4 Å². The normalized spacial score (nSPS) is 23.3. The van der Waals surface area contributed by atoms with E-state index in [1.54, 1.807) is 17.2 Å². The molecule has 1 unspecified atom stereocenters. The van der Waals surface area contributed by atoms with E-state index in [2.05, 4.69) is 20.6 Å². The van der Waals surface area contributed by atoms with Crippen molar-refractivity contribution in [1.29, 1.82) is 5.41 Å². The number of anilines is 1. The molecular formula is C29H41F2N9OS. The van der Waals surface area contributed by atoms with Gasteiger partial charge in [-0.15, -0.1) is 0 Å². The van der Waals surface area contributed by atoms with E-state index in [4.69, 9.17) is 16.9 Å². The van der Waals surface area contributed by atoms with Crippen molar-refractivity contribution < 1.29 is 8.78 Å². The minimum Gasteiger partial charge on any atom is -0.379 e. The number of piperidine rings is 1. The number of amidine groups is 1. The number of aromatic nitrogens is 3. The summed E-state index contributed by atoms with van der Waals surface area (Å²) in [5, 5.41) is 15.2. The number of rotatable bonds is 11. The number of H-pyrrole nitrogens is 1. The molecule has 0 amide bonds. The third-order valence-electron chi connectivity index (χ3n) is 8.08.